The molecule has 7 nitrogen and oxygen atoms in total. The summed E-state index contributed by atoms with van der Waals surface area (Å²) in [6.07, 6.45) is -0.822. The lowest BCUT2D eigenvalue weighted by Crippen LogP contribution is -2.33. The molecule has 146 valence electrons. The predicted octanol–water partition coefficient (Wildman–Crippen LogP) is 1.96. The highest BCUT2D eigenvalue weighted by Gasteiger charge is 2.23. The first-order valence-electron chi connectivity index (χ1n) is 9.51. The van der Waals surface area contributed by atoms with E-state index in [0.29, 0.717) is 5.69 Å². The zero-order valence-corrected chi connectivity index (χ0v) is 16.2. The molecular formula is C21H25N5O2. The van der Waals surface area contributed by atoms with Crippen LogP contribution in [0, 0.1) is 0 Å². The average Bonchev–Trinajstić information content (AvgIpc) is 3.11. The van der Waals surface area contributed by atoms with Crippen LogP contribution in [0.4, 0.5) is 0 Å². The highest BCUT2D eigenvalue weighted by molar-refractivity contribution is 5.78. The van der Waals surface area contributed by atoms with Gasteiger partial charge in [0, 0.05) is 39.1 Å². The Morgan fingerprint density at radius 1 is 1.21 bits per heavy atom. The van der Waals surface area contributed by atoms with Crippen molar-refractivity contribution < 1.29 is 9.90 Å². The molecule has 0 saturated carbocycles. The van der Waals surface area contributed by atoms with Gasteiger partial charge in [-0.1, -0.05) is 24.3 Å². The van der Waals surface area contributed by atoms with Gasteiger partial charge in [0.15, 0.2) is 0 Å². The number of aliphatic hydroxyl groups is 1. The van der Waals surface area contributed by atoms with Gasteiger partial charge in [-0.2, -0.15) is 5.10 Å². The van der Waals surface area contributed by atoms with Crippen molar-refractivity contribution in [3.8, 4) is 0 Å². The predicted molar refractivity (Wildman–Crippen MR) is 106 cm³/mol. The number of para-hydroxylation sites is 1. The largest absolute Gasteiger partial charge is 0.386 e. The van der Waals surface area contributed by atoms with Gasteiger partial charge in [-0.3, -0.25) is 19.4 Å². The number of amides is 1. The van der Waals surface area contributed by atoms with Gasteiger partial charge in [0.1, 0.15) is 6.10 Å². The topological polar surface area (TPSA) is 74.5 Å². The van der Waals surface area contributed by atoms with E-state index >= 15 is 0 Å². The first-order chi connectivity index (χ1) is 13.5. The fourth-order valence-corrected chi connectivity index (χ4v) is 3.52. The van der Waals surface area contributed by atoms with Crippen LogP contribution < -0.4 is 0 Å². The molecule has 1 aliphatic heterocycles. The number of aliphatic hydroxyl groups excluding tert-OH is 1. The summed E-state index contributed by atoms with van der Waals surface area (Å²) in [4.78, 5) is 20.4. The van der Waals surface area contributed by atoms with Gasteiger partial charge in [0.05, 0.1) is 35.6 Å². The zero-order chi connectivity index (χ0) is 19.7. The van der Waals surface area contributed by atoms with E-state index in [2.05, 4.69) is 28.2 Å². The molecule has 0 aliphatic carbocycles. The van der Waals surface area contributed by atoms with E-state index in [0.717, 1.165) is 48.5 Å². The molecule has 1 aromatic carbocycles. The fraction of sp³-hybridized carbons (Fsp3) is 0.381. The normalized spacial score (nSPS) is 15.4. The molecule has 0 saturated heterocycles. The number of rotatable bonds is 5. The second-order valence-electron chi connectivity index (χ2n) is 7.50. The standard InChI is InChI=1S/C21H25N5O2/c1-24(2)21(28)12-20(27)19-11-17-14-25(9-10-26(17)23-19)13-16-8-7-15-5-3-4-6-18(15)22-16/h3-8,11,20,27H,9-10,12-14H2,1-2H3/t20-/m0/s1. The second-order valence-corrected chi connectivity index (χ2v) is 7.50. The fourth-order valence-electron chi connectivity index (χ4n) is 3.52. The highest BCUT2D eigenvalue weighted by atomic mass is 16.3. The molecule has 28 heavy (non-hydrogen) atoms. The molecule has 4 rings (SSSR count). The minimum atomic E-state index is -0.872. The molecule has 1 amide bonds. The Kier molecular flexibility index (Phi) is 5.11. The molecular weight excluding hydrogens is 354 g/mol. The zero-order valence-electron chi connectivity index (χ0n) is 16.2. The minimum Gasteiger partial charge on any atom is -0.386 e. The van der Waals surface area contributed by atoms with Crippen LogP contribution in [0.25, 0.3) is 10.9 Å². The number of nitrogens with zero attached hydrogens (tertiary/aromatic N) is 5. The van der Waals surface area contributed by atoms with Gasteiger partial charge >= 0.3 is 0 Å². The molecule has 1 N–H and O–H groups in total. The van der Waals surface area contributed by atoms with E-state index in [1.54, 1.807) is 14.1 Å². The Bertz CT molecular complexity index is 997. The Morgan fingerprint density at radius 2 is 2.04 bits per heavy atom. The van der Waals surface area contributed by atoms with Crippen molar-refractivity contribution in [1.82, 2.24) is 24.6 Å². The Labute approximate surface area is 164 Å². The summed E-state index contributed by atoms with van der Waals surface area (Å²) < 4.78 is 1.93. The van der Waals surface area contributed by atoms with Gasteiger partial charge in [0.25, 0.3) is 0 Å². The maximum absolute atomic E-state index is 11.8. The van der Waals surface area contributed by atoms with E-state index in [4.69, 9.17) is 4.98 Å². The first kappa shape index (κ1) is 18.6. The van der Waals surface area contributed by atoms with Crippen LogP contribution in [0.15, 0.2) is 42.5 Å². The van der Waals surface area contributed by atoms with Gasteiger partial charge in [0.2, 0.25) is 5.91 Å². The lowest BCUT2D eigenvalue weighted by atomic mass is 10.1. The van der Waals surface area contributed by atoms with Crippen LogP contribution in [0.3, 0.4) is 0 Å². The number of hydrogen-bond donors (Lipinski definition) is 1. The molecule has 0 spiro atoms. The molecule has 0 fully saturated rings. The van der Waals surface area contributed by atoms with E-state index in [1.165, 1.54) is 4.90 Å². The molecule has 1 atom stereocenters. The molecule has 0 bridgehead atoms. The Morgan fingerprint density at radius 3 is 2.86 bits per heavy atom. The summed E-state index contributed by atoms with van der Waals surface area (Å²) in [5.41, 5.74) is 3.68. The van der Waals surface area contributed by atoms with Crippen LogP contribution in [0.1, 0.15) is 29.6 Å². The van der Waals surface area contributed by atoms with E-state index < -0.39 is 6.10 Å². The third kappa shape index (κ3) is 3.90. The molecule has 0 unspecified atom stereocenters. The number of carbonyl (C=O) groups excluding carboxylic acids is 1. The van der Waals surface area contributed by atoms with E-state index in [1.807, 2.05) is 28.9 Å². The monoisotopic (exact) mass is 379 g/mol. The number of aromatic nitrogens is 3. The first-order valence-corrected chi connectivity index (χ1v) is 9.51. The van der Waals surface area contributed by atoms with Gasteiger partial charge in [-0.05, 0) is 18.2 Å². The minimum absolute atomic E-state index is 0.0498. The lowest BCUT2D eigenvalue weighted by Gasteiger charge is -2.27. The maximum Gasteiger partial charge on any atom is 0.225 e. The molecule has 0 radical (unpaired) electrons. The lowest BCUT2D eigenvalue weighted by molar-refractivity contribution is -0.130. The molecule has 1 aliphatic rings. The highest BCUT2D eigenvalue weighted by Crippen LogP contribution is 2.22. The summed E-state index contributed by atoms with van der Waals surface area (Å²) in [7, 11) is 3.37. The van der Waals surface area contributed by atoms with Gasteiger partial charge < -0.3 is 10.0 Å². The number of hydrogen-bond acceptors (Lipinski definition) is 5. The summed E-state index contributed by atoms with van der Waals surface area (Å²) in [6.45, 7) is 3.15. The molecule has 3 aromatic rings. The number of carbonyl (C=O) groups is 1. The van der Waals surface area contributed by atoms with Crippen LogP contribution in [0.2, 0.25) is 0 Å². The number of benzene rings is 1. The van der Waals surface area contributed by atoms with Crippen molar-refractivity contribution in [2.75, 3.05) is 20.6 Å². The smallest absolute Gasteiger partial charge is 0.225 e. The quantitative estimate of drug-likeness (QED) is 0.734. The maximum atomic E-state index is 11.8. The van der Waals surface area contributed by atoms with Crippen molar-refractivity contribution in [2.45, 2.75) is 32.2 Å². The van der Waals surface area contributed by atoms with Crippen molar-refractivity contribution in [3.63, 3.8) is 0 Å². The third-order valence-corrected chi connectivity index (χ3v) is 5.15. The third-order valence-electron chi connectivity index (χ3n) is 5.15. The molecule has 3 heterocycles. The van der Waals surface area contributed by atoms with Gasteiger partial charge in [-0.15, -0.1) is 0 Å². The Hall–Kier alpha value is -2.77. The Balaban J connectivity index is 1.44. The van der Waals surface area contributed by atoms with Crippen LogP contribution >= 0.6 is 0 Å². The second kappa shape index (κ2) is 7.69. The summed E-state index contributed by atoms with van der Waals surface area (Å²) in [5.74, 6) is -0.109. The van der Waals surface area contributed by atoms with Crippen molar-refractivity contribution in [3.05, 3.63) is 59.5 Å². The van der Waals surface area contributed by atoms with Crippen LogP contribution in [-0.2, 0) is 24.4 Å². The van der Waals surface area contributed by atoms with Crippen molar-refractivity contribution in [1.29, 1.82) is 0 Å². The van der Waals surface area contributed by atoms with E-state index in [-0.39, 0.29) is 12.3 Å². The van der Waals surface area contributed by atoms with Crippen molar-refractivity contribution >= 4 is 16.8 Å². The summed E-state index contributed by atoms with van der Waals surface area (Å²) >= 11 is 0. The molecule has 7 heteroatoms. The van der Waals surface area contributed by atoms with Crippen LogP contribution in [-0.4, -0.2) is 56.2 Å². The summed E-state index contributed by atoms with van der Waals surface area (Å²) in [6, 6.07) is 14.2. The van der Waals surface area contributed by atoms with Gasteiger partial charge in [-0.25, -0.2) is 0 Å². The van der Waals surface area contributed by atoms with E-state index in [9.17, 15) is 9.90 Å². The SMILES string of the molecule is CN(C)C(=O)C[C@H](O)c1cc2n(n1)CCN(Cc1ccc3ccccc3n1)C2. The summed E-state index contributed by atoms with van der Waals surface area (Å²) in [5, 5.41) is 16.0. The number of fused-ring (bicyclic) bond motifs is 2. The van der Waals surface area contributed by atoms with Crippen LogP contribution in [0.5, 0.6) is 0 Å². The van der Waals surface area contributed by atoms with Crippen molar-refractivity contribution in [2.24, 2.45) is 0 Å². The number of pyridine rings is 1. The average molecular weight is 379 g/mol. The molecule has 2 aromatic heterocycles.